The molecule has 0 saturated carbocycles. The number of aryl methyl sites for hydroxylation is 1. The maximum Gasteiger partial charge on any atom is 0.239 e. The first-order chi connectivity index (χ1) is 7.60. The van der Waals surface area contributed by atoms with Gasteiger partial charge in [0.05, 0.1) is 12.6 Å². The molecule has 16 heavy (non-hydrogen) atoms. The maximum atomic E-state index is 5.29. The van der Waals surface area contributed by atoms with Crippen LogP contribution in [-0.4, -0.2) is 36.8 Å². The number of hydrazine groups is 1. The van der Waals surface area contributed by atoms with E-state index in [-0.39, 0.29) is 6.04 Å². The van der Waals surface area contributed by atoms with Crippen molar-refractivity contribution >= 4 is 11.8 Å². The Bertz CT molecular complexity index is 344. The smallest absolute Gasteiger partial charge is 0.239 e. The number of nitrogens with one attached hydrogen (secondary N) is 1. The predicted octanol–water partition coefficient (Wildman–Crippen LogP) is 0.542. The van der Waals surface area contributed by atoms with Gasteiger partial charge in [-0.3, -0.25) is 5.43 Å². The summed E-state index contributed by atoms with van der Waals surface area (Å²) in [7, 11) is 3.66. The molecule has 0 saturated heterocycles. The first-order valence-electron chi connectivity index (χ1n) is 5.12. The molecule has 1 aromatic rings. The Kier molecular flexibility index (Phi) is 4.45. The summed E-state index contributed by atoms with van der Waals surface area (Å²) < 4.78 is 5.12. The SMILES string of the molecule is COCC(C)N(C)c1nc(NN)ncc1C. The molecule has 1 heterocycles. The van der Waals surface area contributed by atoms with Gasteiger partial charge >= 0.3 is 0 Å². The van der Waals surface area contributed by atoms with Gasteiger partial charge in [-0.05, 0) is 13.8 Å². The number of nitrogen functional groups attached to an aromatic ring is 1. The Labute approximate surface area is 95.8 Å². The minimum Gasteiger partial charge on any atom is -0.383 e. The van der Waals surface area contributed by atoms with E-state index in [0.29, 0.717) is 12.6 Å². The zero-order chi connectivity index (χ0) is 12.1. The lowest BCUT2D eigenvalue weighted by molar-refractivity contribution is 0.183. The number of nitrogens with zero attached hydrogens (tertiary/aromatic N) is 3. The number of anilines is 2. The lowest BCUT2D eigenvalue weighted by Gasteiger charge is -2.26. The molecule has 90 valence electrons. The molecule has 1 aromatic heterocycles. The average molecular weight is 225 g/mol. The van der Waals surface area contributed by atoms with E-state index in [9.17, 15) is 0 Å². The van der Waals surface area contributed by atoms with Crippen molar-refractivity contribution in [1.29, 1.82) is 0 Å². The Hall–Kier alpha value is -1.40. The number of hydrogen-bond acceptors (Lipinski definition) is 6. The highest BCUT2D eigenvalue weighted by Gasteiger charge is 2.14. The van der Waals surface area contributed by atoms with Crippen molar-refractivity contribution in [2.75, 3.05) is 31.1 Å². The standard InChI is InChI=1S/C10H19N5O/c1-7-5-12-10(14-11)13-9(7)15(3)8(2)6-16-4/h5,8H,6,11H2,1-4H3,(H,12,13,14). The molecule has 0 aliphatic heterocycles. The Morgan fingerprint density at radius 3 is 2.88 bits per heavy atom. The van der Waals surface area contributed by atoms with Gasteiger partial charge in [0, 0.05) is 25.9 Å². The normalized spacial score (nSPS) is 12.3. The van der Waals surface area contributed by atoms with Gasteiger partial charge in [-0.25, -0.2) is 10.8 Å². The highest BCUT2D eigenvalue weighted by molar-refractivity contribution is 5.48. The summed E-state index contributed by atoms with van der Waals surface area (Å²) in [6, 6.07) is 0.240. The summed E-state index contributed by atoms with van der Waals surface area (Å²) in [6.07, 6.45) is 1.74. The number of hydrogen-bond donors (Lipinski definition) is 2. The van der Waals surface area contributed by atoms with Gasteiger partial charge in [-0.15, -0.1) is 0 Å². The van der Waals surface area contributed by atoms with Crippen LogP contribution in [0.3, 0.4) is 0 Å². The van der Waals surface area contributed by atoms with Crippen LogP contribution in [0.25, 0.3) is 0 Å². The third-order valence-corrected chi connectivity index (χ3v) is 2.48. The molecule has 0 amide bonds. The van der Waals surface area contributed by atoms with Crippen LogP contribution in [0, 0.1) is 6.92 Å². The van der Waals surface area contributed by atoms with Crippen molar-refractivity contribution in [3.63, 3.8) is 0 Å². The zero-order valence-electron chi connectivity index (χ0n) is 10.2. The number of ether oxygens (including phenoxy) is 1. The van der Waals surface area contributed by atoms with Crippen LogP contribution in [0.15, 0.2) is 6.20 Å². The van der Waals surface area contributed by atoms with Gasteiger partial charge in [-0.1, -0.05) is 0 Å². The van der Waals surface area contributed by atoms with Crippen LogP contribution in [0.4, 0.5) is 11.8 Å². The molecule has 6 heteroatoms. The predicted molar refractivity (Wildman–Crippen MR) is 64.3 cm³/mol. The molecule has 0 aliphatic carbocycles. The molecule has 1 rings (SSSR count). The monoisotopic (exact) mass is 225 g/mol. The molecule has 0 aliphatic rings. The van der Waals surface area contributed by atoms with Crippen molar-refractivity contribution < 1.29 is 4.74 Å². The molecule has 1 unspecified atom stereocenters. The van der Waals surface area contributed by atoms with Crippen molar-refractivity contribution in [3.05, 3.63) is 11.8 Å². The van der Waals surface area contributed by atoms with Gasteiger partial charge in [0.25, 0.3) is 0 Å². The molecule has 3 N–H and O–H groups in total. The van der Waals surface area contributed by atoms with E-state index in [1.54, 1.807) is 13.3 Å². The van der Waals surface area contributed by atoms with Crippen LogP contribution in [-0.2, 0) is 4.74 Å². The minimum absolute atomic E-state index is 0.240. The first kappa shape index (κ1) is 12.7. The largest absolute Gasteiger partial charge is 0.383 e. The van der Waals surface area contributed by atoms with Gasteiger partial charge in [-0.2, -0.15) is 4.98 Å². The van der Waals surface area contributed by atoms with Gasteiger partial charge < -0.3 is 9.64 Å². The number of likely N-dealkylation sites (N-methyl/N-ethyl adjacent to an activating group) is 1. The number of methoxy groups -OCH3 is 1. The fourth-order valence-electron chi connectivity index (χ4n) is 1.42. The molecule has 0 fully saturated rings. The van der Waals surface area contributed by atoms with E-state index < -0.39 is 0 Å². The van der Waals surface area contributed by atoms with Gasteiger partial charge in [0.15, 0.2) is 0 Å². The Balaban J connectivity index is 2.92. The second kappa shape index (κ2) is 5.62. The van der Waals surface area contributed by atoms with Crippen LogP contribution in [0.5, 0.6) is 0 Å². The zero-order valence-corrected chi connectivity index (χ0v) is 10.2. The summed E-state index contributed by atoms with van der Waals surface area (Å²) >= 11 is 0. The summed E-state index contributed by atoms with van der Waals surface area (Å²) in [5.74, 6) is 6.55. The summed E-state index contributed by atoms with van der Waals surface area (Å²) in [4.78, 5) is 10.4. The van der Waals surface area contributed by atoms with E-state index >= 15 is 0 Å². The number of rotatable bonds is 5. The third-order valence-electron chi connectivity index (χ3n) is 2.48. The second-order valence-corrected chi connectivity index (χ2v) is 3.76. The molecular formula is C10H19N5O. The molecule has 0 radical (unpaired) electrons. The van der Waals surface area contributed by atoms with E-state index in [0.717, 1.165) is 11.4 Å². The van der Waals surface area contributed by atoms with E-state index in [1.807, 2.05) is 18.9 Å². The van der Waals surface area contributed by atoms with Crippen molar-refractivity contribution in [1.82, 2.24) is 9.97 Å². The highest BCUT2D eigenvalue weighted by Crippen LogP contribution is 2.18. The fraction of sp³-hybridized carbons (Fsp3) is 0.600. The van der Waals surface area contributed by atoms with Crippen LogP contribution in [0.2, 0.25) is 0 Å². The molecular weight excluding hydrogens is 206 g/mol. The van der Waals surface area contributed by atoms with Crippen LogP contribution in [0.1, 0.15) is 12.5 Å². The maximum absolute atomic E-state index is 5.29. The van der Waals surface area contributed by atoms with E-state index in [4.69, 9.17) is 10.6 Å². The topological polar surface area (TPSA) is 76.3 Å². The summed E-state index contributed by atoms with van der Waals surface area (Å²) in [5, 5.41) is 0. The fourth-order valence-corrected chi connectivity index (χ4v) is 1.42. The van der Waals surface area contributed by atoms with Crippen molar-refractivity contribution in [3.8, 4) is 0 Å². The van der Waals surface area contributed by atoms with Gasteiger partial charge in [0.2, 0.25) is 5.95 Å². The molecule has 0 aromatic carbocycles. The Morgan fingerprint density at radius 2 is 2.31 bits per heavy atom. The third kappa shape index (κ3) is 2.80. The van der Waals surface area contributed by atoms with Crippen LogP contribution < -0.4 is 16.2 Å². The quantitative estimate of drug-likeness (QED) is 0.562. The van der Waals surface area contributed by atoms with Crippen molar-refractivity contribution in [2.24, 2.45) is 5.84 Å². The van der Waals surface area contributed by atoms with Crippen molar-refractivity contribution in [2.45, 2.75) is 19.9 Å². The summed E-state index contributed by atoms with van der Waals surface area (Å²) in [6.45, 7) is 4.68. The first-order valence-corrected chi connectivity index (χ1v) is 5.12. The lowest BCUT2D eigenvalue weighted by Crippen LogP contribution is -2.34. The van der Waals surface area contributed by atoms with E-state index in [1.165, 1.54) is 0 Å². The van der Waals surface area contributed by atoms with Crippen LogP contribution >= 0.6 is 0 Å². The Morgan fingerprint density at radius 1 is 1.62 bits per heavy atom. The van der Waals surface area contributed by atoms with E-state index in [2.05, 4.69) is 22.3 Å². The highest BCUT2D eigenvalue weighted by atomic mass is 16.5. The van der Waals surface area contributed by atoms with Gasteiger partial charge in [0.1, 0.15) is 5.82 Å². The lowest BCUT2D eigenvalue weighted by atomic mass is 10.2. The second-order valence-electron chi connectivity index (χ2n) is 3.76. The summed E-state index contributed by atoms with van der Waals surface area (Å²) in [5.41, 5.74) is 3.44. The minimum atomic E-state index is 0.240. The molecule has 1 atom stereocenters. The molecule has 6 nitrogen and oxygen atoms in total. The molecule has 0 bridgehead atoms. The molecule has 0 spiro atoms. The average Bonchev–Trinajstić information content (AvgIpc) is 2.29. The number of nitrogens with two attached hydrogens (primary N) is 1. The number of aromatic nitrogens is 2.